The van der Waals surface area contributed by atoms with E-state index in [0.717, 1.165) is 43.6 Å². The van der Waals surface area contributed by atoms with Gasteiger partial charge < -0.3 is 15.2 Å². The molecular weight excluding hydrogens is 256 g/mol. The quantitative estimate of drug-likeness (QED) is 0.854. The number of amides is 1. The summed E-state index contributed by atoms with van der Waals surface area (Å²) in [6.45, 7) is 0.841. The number of nitrogens with zero attached hydrogens (tertiary/aromatic N) is 4. The Morgan fingerprint density at radius 2 is 2.20 bits per heavy atom. The van der Waals surface area contributed by atoms with Gasteiger partial charge in [0.1, 0.15) is 17.9 Å². The minimum absolute atomic E-state index is 0.122. The van der Waals surface area contributed by atoms with Gasteiger partial charge in [0.2, 0.25) is 5.91 Å². The maximum atomic E-state index is 12.3. The molecule has 0 aromatic carbocycles. The molecule has 3 heterocycles. The Morgan fingerprint density at radius 3 is 3.05 bits per heavy atom. The van der Waals surface area contributed by atoms with Crippen LogP contribution in [0, 0.1) is 0 Å². The lowest BCUT2D eigenvalue weighted by Crippen LogP contribution is -2.44. The van der Waals surface area contributed by atoms with E-state index < -0.39 is 0 Å². The molecule has 0 unspecified atom stereocenters. The van der Waals surface area contributed by atoms with E-state index in [1.54, 1.807) is 6.33 Å². The van der Waals surface area contributed by atoms with Gasteiger partial charge in [-0.25, -0.2) is 15.0 Å². The van der Waals surface area contributed by atoms with Crippen LogP contribution in [-0.2, 0) is 4.79 Å². The number of imidazole rings is 1. The fourth-order valence-electron chi connectivity index (χ4n) is 2.79. The summed E-state index contributed by atoms with van der Waals surface area (Å²) >= 11 is 0. The molecule has 2 aliphatic rings. The van der Waals surface area contributed by atoms with E-state index in [1.165, 1.54) is 6.33 Å². The monoisotopic (exact) mass is 272 g/mol. The van der Waals surface area contributed by atoms with Gasteiger partial charge in [-0.05, 0) is 25.7 Å². The van der Waals surface area contributed by atoms with E-state index in [2.05, 4.69) is 30.2 Å². The summed E-state index contributed by atoms with van der Waals surface area (Å²) in [5.74, 6) is 0.900. The molecular formula is C13H16N6O. The van der Waals surface area contributed by atoms with Crippen LogP contribution < -0.4 is 10.2 Å². The summed E-state index contributed by atoms with van der Waals surface area (Å²) in [5.41, 5.74) is 1.45. The number of aromatic amines is 1. The first-order valence-electron chi connectivity index (χ1n) is 7.04. The third-order valence-electron chi connectivity index (χ3n) is 3.95. The maximum absolute atomic E-state index is 12.3. The highest BCUT2D eigenvalue weighted by Gasteiger charge is 2.35. The molecule has 1 aliphatic carbocycles. The second-order valence-corrected chi connectivity index (χ2v) is 5.43. The van der Waals surface area contributed by atoms with E-state index >= 15 is 0 Å². The molecule has 104 valence electrons. The summed E-state index contributed by atoms with van der Waals surface area (Å²) in [6.07, 6.45) is 7.21. The Morgan fingerprint density at radius 1 is 1.30 bits per heavy atom. The van der Waals surface area contributed by atoms with Crippen LogP contribution in [-0.4, -0.2) is 44.5 Å². The van der Waals surface area contributed by atoms with Crippen LogP contribution in [0.2, 0.25) is 0 Å². The van der Waals surface area contributed by atoms with Crippen LogP contribution >= 0.6 is 0 Å². The van der Waals surface area contributed by atoms with Crippen molar-refractivity contribution in [3.05, 3.63) is 12.7 Å². The van der Waals surface area contributed by atoms with Crippen molar-refractivity contribution >= 4 is 22.9 Å². The summed E-state index contributed by atoms with van der Waals surface area (Å²) < 4.78 is 0. The number of carbonyl (C=O) groups is 1. The van der Waals surface area contributed by atoms with Crippen LogP contribution in [0.1, 0.15) is 25.7 Å². The van der Waals surface area contributed by atoms with Crippen LogP contribution in [0.15, 0.2) is 12.7 Å². The second kappa shape index (κ2) is 4.43. The normalized spacial score (nSPS) is 22.4. The molecule has 1 aliphatic heterocycles. The van der Waals surface area contributed by atoms with Crippen LogP contribution in [0.5, 0.6) is 0 Å². The fourth-order valence-corrected chi connectivity index (χ4v) is 2.79. The average molecular weight is 272 g/mol. The maximum Gasteiger partial charge on any atom is 0.242 e. The molecule has 4 rings (SSSR count). The molecule has 20 heavy (non-hydrogen) atoms. The van der Waals surface area contributed by atoms with Gasteiger partial charge in [-0.1, -0.05) is 0 Å². The Labute approximate surface area is 115 Å². The van der Waals surface area contributed by atoms with Gasteiger partial charge in [-0.2, -0.15) is 0 Å². The van der Waals surface area contributed by atoms with Crippen molar-refractivity contribution in [2.45, 2.75) is 37.8 Å². The van der Waals surface area contributed by atoms with E-state index in [0.29, 0.717) is 11.7 Å². The molecule has 2 aromatic rings. The Kier molecular flexibility index (Phi) is 2.58. The summed E-state index contributed by atoms with van der Waals surface area (Å²) in [7, 11) is 0. The minimum Gasteiger partial charge on any atom is -0.352 e. The van der Waals surface area contributed by atoms with E-state index in [4.69, 9.17) is 0 Å². The number of H-pyrrole nitrogens is 1. The predicted molar refractivity (Wildman–Crippen MR) is 73.2 cm³/mol. The van der Waals surface area contributed by atoms with Gasteiger partial charge in [0, 0.05) is 12.6 Å². The van der Waals surface area contributed by atoms with Gasteiger partial charge in [0.05, 0.1) is 6.33 Å². The van der Waals surface area contributed by atoms with Crippen molar-refractivity contribution in [2.75, 3.05) is 11.4 Å². The van der Waals surface area contributed by atoms with Crippen molar-refractivity contribution in [1.82, 2.24) is 25.3 Å². The highest BCUT2D eigenvalue weighted by atomic mass is 16.2. The van der Waals surface area contributed by atoms with Crippen molar-refractivity contribution in [1.29, 1.82) is 0 Å². The van der Waals surface area contributed by atoms with Crippen LogP contribution in [0.3, 0.4) is 0 Å². The SMILES string of the molecule is O=C(NC1CC1)[C@@H]1CCCN1c1ncnc2nc[nH]c12. The topological polar surface area (TPSA) is 86.8 Å². The van der Waals surface area contributed by atoms with Gasteiger partial charge in [0.15, 0.2) is 11.5 Å². The smallest absolute Gasteiger partial charge is 0.242 e. The standard InChI is InChI=1S/C13H16N6O/c20-13(18-8-3-4-8)9-2-1-5-19(9)12-10-11(15-6-14-10)16-7-17-12/h6-9H,1-5H2,(H,18,20)(H,14,15,16,17)/t9-/m0/s1. The van der Waals surface area contributed by atoms with Gasteiger partial charge >= 0.3 is 0 Å². The van der Waals surface area contributed by atoms with Crippen molar-refractivity contribution in [2.24, 2.45) is 0 Å². The molecule has 1 atom stereocenters. The lowest BCUT2D eigenvalue weighted by molar-refractivity contribution is -0.122. The molecule has 0 spiro atoms. The first kappa shape index (κ1) is 11.6. The average Bonchev–Trinajstić information content (AvgIpc) is 2.96. The number of aromatic nitrogens is 4. The molecule has 1 amide bonds. The number of fused-ring (bicyclic) bond motifs is 1. The molecule has 0 radical (unpaired) electrons. The minimum atomic E-state index is -0.128. The highest BCUT2D eigenvalue weighted by molar-refractivity contribution is 5.90. The van der Waals surface area contributed by atoms with E-state index in [1.807, 2.05) is 0 Å². The number of nitrogens with one attached hydrogen (secondary N) is 2. The molecule has 2 fully saturated rings. The van der Waals surface area contributed by atoms with Crippen molar-refractivity contribution in [3.8, 4) is 0 Å². The zero-order chi connectivity index (χ0) is 13.5. The largest absolute Gasteiger partial charge is 0.352 e. The molecule has 1 saturated carbocycles. The van der Waals surface area contributed by atoms with Crippen LogP contribution in [0.4, 0.5) is 5.82 Å². The zero-order valence-corrected chi connectivity index (χ0v) is 11.0. The van der Waals surface area contributed by atoms with Gasteiger partial charge in [-0.15, -0.1) is 0 Å². The van der Waals surface area contributed by atoms with Crippen molar-refractivity contribution < 1.29 is 4.79 Å². The second-order valence-electron chi connectivity index (χ2n) is 5.43. The molecule has 2 N–H and O–H groups in total. The molecule has 2 aromatic heterocycles. The lowest BCUT2D eigenvalue weighted by atomic mass is 10.2. The van der Waals surface area contributed by atoms with Gasteiger partial charge in [-0.3, -0.25) is 4.79 Å². The molecule has 0 bridgehead atoms. The number of rotatable bonds is 3. The third kappa shape index (κ3) is 1.90. The first-order chi connectivity index (χ1) is 9.83. The van der Waals surface area contributed by atoms with Crippen LogP contribution in [0.25, 0.3) is 11.2 Å². The molecule has 1 saturated heterocycles. The predicted octanol–water partition coefficient (Wildman–Crippen LogP) is 0.600. The van der Waals surface area contributed by atoms with Crippen molar-refractivity contribution in [3.63, 3.8) is 0 Å². The Hall–Kier alpha value is -2.18. The Bertz CT molecular complexity index is 649. The molecule has 7 nitrogen and oxygen atoms in total. The first-order valence-corrected chi connectivity index (χ1v) is 7.04. The highest BCUT2D eigenvalue weighted by Crippen LogP contribution is 2.29. The zero-order valence-electron chi connectivity index (χ0n) is 11.0. The number of hydrogen-bond acceptors (Lipinski definition) is 5. The number of anilines is 1. The molecule has 7 heteroatoms. The summed E-state index contributed by atoms with van der Waals surface area (Å²) in [5, 5.41) is 3.09. The van der Waals surface area contributed by atoms with Gasteiger partial charge in [0.25, 0.3) is 0 Å². The number of hydrogen-bond donors (Lipinski definition) is 2. The Balaban J connectivity index is 1.65. The fraction of sp³-hybridized carbons (Fsp3) is 0.538. The summed E-state index contributed by atoms with van der Waals surface area (Å²) in [6, 6.07) is 0.263. The summed E-state index contributed by atoms with van der Waals surface area (Å²) in [4.78, 5) is 30.1. The van der Waals surface area contributed by atoms with E-state index in [9.17, 15) is 4.79 Å². The van der Waals surface area contributed by atoms with E-state index in [-0.39, 0.29) is 11.9 Å². The lowest BCUT2D eigenvalue weighted by Gasteiger charge is -2.24. The number of carbonyl (C=O) groups excluding carboxylic acids is 1. The third-order valence-corrected chi connectivity index (χ3v) is 3.95.